The van der Waals surface area contributed by atoms with Gasteiger partial charge in [0.15, 0.2) is 0 Å². The summed E-state index contributed by atoms with van der Waals surface area (Å²) in [6, 6.07) is 0. The van der Waals surface area contributed by atoms with Crippen LogP contribution >= 0.6 is 0 Å². The number of rotatable bonds is 10. The van der Waals surface area contributed by atoms with Crippen molar-refractivity contribution in [2.24, 2.45) is 0 Å². The molecule has 0 N–H and O–H groups in total. The Balaban J connectivity index is 4.56. The second-order valence-electron chi connectivity index (χ2n) is 5.07. The molecule has 0 spiro atoms. The topological polar surface area (TPSA) is 83.5 Å². The molecule has 0 fully saturated rings. The van der Waals surface area contributed by atoms with Crippen molar-refractivity contribution in [3.05, 3.63) is 6.10 Å². The molecule has 0 amide bonds. The minimum absolute atomic E-state index is 0.000565. The number of nitrogens with zero attached hydrogens (tertiary/aromatic N) is 1. The molecule has 1 atom stereocenters. The zero-order valence-electron chi connectivity index (χ0n) is 11.0. The van der Waals surface area contributed by atoms with Gasteiger partial charge in [-0.05, 0) is 0 Å². The van der Waals surface area contributed by atoms with Crippen LogP contribution in [0.15, 0.2) is 0 Å². The average Bonchev–Trinajstić information content (AvgIpc) is 2.14. The normalized spacial score (nSPS) is 13.3. The van der Waals surface area contributed by atoms with Gasteiger partial charge in [-0.25, -0.2) is 0 Å². The van der Waals surface area contributed by atoms with Gasteiger partial charge in [-0.3, -0.25) is 0 Å². The Bertz CT molecular complexity index is 275. The van der Waals surface area contributed by atoms with Crippen LogP contribution in [0, 0.1) is 6.10 Å². The number of quaternary nitrogens is 1. The molecule has 18 heavy (non-hydrogen) atoms. The van der Waals surface area contributed by atoms with E-state index in [2.05, 4.69) is 0 Å². The first-order valence-electron chi connectivity index (χ1n) is 5.67. The SMILES string of the molecule is C[N+](C)(C)CC(CC(=O)[O-])O[C](CC=O)CC=O. The average molecular weight is 258 g/mol. The Kier molecular flexibility index (Phi) is 7.38. The number of hydrogen-bond acceptors (Lipinski definition) is 5. The molecule has 1 unspecified atom stereocenters. The Hall–Kier alpha value is -1.27. The van der Waals surface area contributed by atoms with Gasteiger partial charge in [0.25, 0.3) is 0 Å². The highest BCUT2D eigenvalue weighted by Gasteiger charge is 2.23. The number of carboxylic acid groups (broad SMARTS) is 1. The van der Waals surface area contributed by atoms with Crippen molar-refractivity contribution in [3.63, 3.8) is 0 Å². The number of ether oxygens (including phenoxy) is 1. The lowest BCUT2D eigenvalue weighted by Gasteiger charge is -2.31. The van der Waals surface area contributed by atoms with E-state index in [1.165, 1.54) is 0 Å². The molecular formula is C12H20NO5. The van der Waals surface area contributed by atoms with Crippen molar-refractivity contribution in [1.29, 1.82) is 0 Å². The molecule has 1 radical (unpaired) electrons. The van der Waals surface area contributed by atoms with E-state index < -0.39 is 12.1 Å². The van der Waals surface area contributed by atoms with Gasteiger partial charge in [0.05, 0.1) is 21.1 Å². The summed E-state index contributed by atoms with van der Waals surface area (Å²) in [4.78, 5) is 31.5. The number of likely N-dealkylation sites (N-methyl/N-ethyl adjacent to an activating group) is 1. The third-order valence-electron chi connectivity index (χ3n) is 2.10. The predicted molar refractivity (Wildman–Crippen MR) is 62.0 cm³/mol. The van der Waals surface area contributed by atoms with Crippen LogP contribution < -0.4 is 5.11 Å². The van der Waals surface area contributed by atoms with Gasteiger partial charge in [0.2, 0.25) is 0 Å². The Morgan fingerprint density at radius 1 is 1.22 bits per heavy atom. The smallest absolute Gasteiger partial charge is 0.122 e. The highest BCUT2D eigenvalue weighted by atomic mass is 16.5. The lowest BCUT2D eigenvalue weighted by molar-refractivity contribution is -0.873. The van der Waals surface area contributed by atoms with Crippen molar-refractivity contribution in [2.45, 2.75) is 25.4 Å². The first-order valence-corrected chi connectivity index (χ1v) is 5.67. The van der Waals surface area contributed by atoms with Crippen molar-refractivity contribution in [1.82, 2.24) is 0 Å². The molecule has 103 valence electrons. The highest BCUT2D eigenvalue weighted by Crippen LogP contribution is 2.16. The summed E-state index contributed by atoms with van der Waals surface area (Å²) >= 11 is 0. The largest absolute Gasteiger partial charge is 0.550 e. The predicted octanol–water partition coefficient (Wildman–Crippen LogP) is -1.07. The van der Waals surface area contributed by atoms with Crippen LogP contribution in [0.4, 0.5) is 0 Å². The fraction of sp³-hybridized carbons (Fsp3) is 0.667. The molecule has 0 aromatic carbocycles. The quantitative estimate of drug-likeness (QED) is 0.368. The summed E-state index contributed by atoms with van der Waals surface area (Å²) in [6.45, 7) is 0.440. The standard InChI is InChI=1S/C12H20NO5/c1-13(2,3)9-11(8-12(16)17)18-10(4-6-14)5-7-15/h6-7,11H,4-5,8-9H2,1-3H3. The summed E-state index contributed by atoms with van der Waals surface area (Å²) in [5, 5.41) is 10.6. The number of carboxylic acids is 1. The number of hydrogen-bond donors (Lipinski definition) is 0. The molecule has 0 aromatic rings. The number of aldehydes is 2. The van der Waals surface area contributed by atoms with Crippen molar-refractivity contribution in [3.8, 4) is 0 Å². The first kappa shape index (κ1) is 16.7. The molecule has 0 aliphatic rings. The van der Waals surface area contributed by atoms with Crippen LogP contribution in [0.1, 0.15) is 19.3 Å². The Morgan fingerprint density at radius 2 is 1.72 bits per heavy atom. The number of aliphatic carboxylic acids is 1. The number of carbonyl (C=O) groups is 3. The molecule has 6 nitrogen and oxygen atoms in total. The molecule has 0 bridgehead atoms. The lowest BCUT2D eigenvalue weighted by atomic mass is 10.1. The van der Waals surface area contributed by atoms with E-state index >= 15 is 0 Å². The van der Waals surface area contributed by atoms with Gasteiger partial charge in [0, 0.05) is 25.2 Å². The molecule has 0 saturated heterocycles. The Labute approximate surface area is 107 Å². The summed E-state index contributed by atoms with van der Waals surface area (Å²) in [7, 11) is 5.68. The molecule has 0 aliphatic heterocycles. The van der Waals surface area contributed by atoms with Gasteiger partial charge < -0.3 is 28.7 Å². The molecule has 0 rings (SSSR count). The highest BCUT2D eigenvalue weighted by molar-refractivity contribution is 5.65. The maximum absolute atomic E-state index is 10.6. The maximum Gasteiger partial charge on any atom is 0.122 e. The van der Waals surface area contributed by atoms with Gasteiger partial charge in [-0.15, -0.1) is 0 Å². The van der Waals surface area contributed by atoms with Gasteiger partial charge in [-0.1, -0.05) is 0 Å². The second kappa shape index (κ2) is 7.94. The van der Waals surface area contributed by atoms with Crippen molar-refractivity contribution >= 4 is 18.5 Å². The van der Waals surface area contributed by atoms with Crippen LogP contribution in [0.5, 0.6) is 0 Å². The summed E-state index contributed by atoms with van der Waals surface area (Å²) in [5.41, 5.74) is 0. The van der Waals surface area contributed by atoms with Gasteiger partial charge in [0.1, 0.15) is 31.3 Å². The van der Waals surface area contributed by atoms with Crippen molar-refractivity contribution < 1.29 is 28.7 Å². The van der Waals surface area contributed by atoms with E-state index in [0.29, 0.717) is 29.7 Å². The van der Waals surface area contributed by atoms with Crippen LogP contribution in [-0.4, -0.2) is 56.8 Å². The Morgan fingerprint density at radius 3 is 2.06 bits per heavy atom. The van der Waals surface area contributed by atoms with Crippen LogP contribution in [0.3, 0.4) is 0 Å². The third kappa shape index (κ3) is 8.83. The van der Waals surface area contributed by atoms with Crippen molar-refractivity contribution in [2.75, 3.05) is 27.7 Å². The summed E-state index contributed by atoms with van der Waals surface area (Å²) in [5.74, 6) is -1.22. The molecule has 0 heterocycles. The van der Waals surface area contributed by atoms with E-state index in [4.69, 9.17) is 4.74 Å². The number of carbonyl (C=O) groups excluding carboxylic acids is 3. The van der Waals surface area contributed by atoms with Gasteiger partial charge >= 0.3 is 0 Å². The fourth-order valence-electron chi connectivity index (χ4n) is 1.54. The fourth-order valence-corrected chi connectivity index (χ4v) is 1.54. The minimum Gasteiger partial charge on any atom is -0.550 e. The zero-order valence-corrected chi connectivity index (χ0v) is 11.0. The summed E-state index contributed by atoms with van der Waals surface area (Å²) < 4.78 is 5.94. The van der Waals surface area contributed by atoms with E-state index in [1.807, 2.05) is 21.1 Å². The van der Waals surface area contributed by atoms with E-state index in [0.717, 1.165) is 0 Å². The third-order valence-corrected chi connectivity index (χ3v) is 2.10. The van der Waals surface area contributed by atoms with Crippen LogP contribution in [-0.2, 0) is 19.1 Å². The van der Waals surface area contributed by atoms with Crippen LogP contribution in [0.25, 0.3) is 0 Å². The van der Waals surface area contributed by atoms with Crippen LogP contribution in [0.2, 0.25) is 0 Å². The minimum atomic E-state index is -1.22. The molecule has 0 saturated carbocycles. The lowest BCUT2D eigenvalue weighted by Crippen LogP contribution is -2.45. The monoisotopic (exact) mass is 258 g/mol. The molecular weight excluding hydrogens is 238 g/mol. The summed E-state index contributed by atoms with van der Waals surface area (Å²) in [6.07, 6.45) is 0.668. The molecule has 6 heteroatoms. The second-order valence-corrected chi connectivity index (χ2v) is 5.07. The van der Waals surface area contributed by atoms with E-state index in [1.54, 1.807) is 0 Å². The maximum atomic E-state index is 10.6. The zero-order chi connectivity index (χ0) is 14.2. The van der Waals surface area contributed by atoms with Gasteiger partial charge in [-0.2, -0.15) is 0 Å². The van der Waals surface area contributed by atoms with E-state index in [9.17, 15) is 19.5 Å². The molecule has 0 aliphatic carbocycles. The molecule has 0 aromatic heterocycles. The van der Waals surface area contributed by atoms with E-state index in [-0.39, 0.29) is 19.3 Å². The first-order chi connectivity index (χ1) is 8.28.